The normalized spacial score (nSPS) is 10.6. The Kier molecular flexibility index (Phi) is 5.25. The lowest BCUT2D eigenvalue weighted by Gasteiger charge is -2.03. The summed E-state index contributed by atoms with van der Waals surface area (Å²) in [6.07, 6.45) is 2.86. The summed E-state index contributed by atoms with van der Waals surface area (Å²) in [5.74, 6) is -0.903. The molecule has 118 valence electrons. The van der Waals surface area contributed by atoms with Gasteiger partial charge in [-0.25, -0.2) is 4.39 Å². The van der Waals surface area contributed by atoms with E-state index in [0.717, 1.165) is 5.56 Å². The second-order valence-electron chi connectivity index (χ2n) is 4.74. The number of halogens is 1. The van der Waals surface area contributed by atoms with Crippen LogP contribution in [0.3, 0.4) is 0 Å². The summed E-state index contributed by atoms with van der Waals surface area (Å²) in [5.41, 5.74) is 1.24. The summed E-state index contributed by atoms with van der Waals surface area (Å²) in [4.78, 5) is 23.5. The minimum absolute atomic E-state index is 0.0240. The number of benzene rings is 2. The van der Waals surface area contributed by atoms with Crippen molar-refractivity contribution >= 4 is 17.8 Å². The van der Waals surface area contributed by atoms with Crippen molar-refractivity contribution in [3.8, 4) is 5.75 Å². The van der Waals surface area contributed by atoms with Crippen molar-refractivity contribution in [2.75, 3.05) is 14.2 Å². The van der Waals surface area contributed by atoms with E-state index in [2.05, 4.69) is 5.32 Å². The van der Waals surface area contributed by atoms with Gasteiger partial charge in [-0.15, -0.1) is 0 Å². The number of ketones is 1. The van der Waals surface area contributed by atoms with E-state index in [4.69, 9.17) is 4.74 Å². The molecule has 0 unspecified atom stereocenters. The third-order valence-electron chi connectivity index (χ3n) is 3.27. The second-order valence-corrected chi connectivity index (χ2v) is 4.74. The molecular weight excluding hydrogens is 297 g/mol. The first-order valence-electron chi connectivity index (χ1n) is 6.93. The highest BCUT2D eigenvalue weighted by Crippen LogP contribution is 2.17. The molecule has 0 fully saturated rings. The molecule has 4 nitrogen and oxygen atoms in total. The van der Waals surface area contributed by atoms with Crippen molar-refractivity contribution in [3.63, 3.8) is 0 Å². The Morgan fingerprint density at radius 2 is 1.83 bits per heavy atom. The fourth-order valence-electron chi connectivity index (χ4n) is 1.97. The van der Waals surface area contributed by atoms with Crippen LogP contribution >= 0.6 is 0 Å². The van der Waals surface area contributed by atoms with E-state index in [-0.39, 0.29) is 11.5 Å². The van der Waals surface area contributed by atoms with Gasteiger partial charge in [-0.1, -0.05) is 18.2 Å². The molecular formula is C18H16FNO3. The number of methoxy groups -OCH3 is 1. The number of rotatable bonds is 5. The number of carbonyl (C=O) groups is 2. The summed E-state index contributed by atoms with van der Waals surface area (Å²) in [5, 5.41) is 2.53. The molecule has 0 atom stereocenters. The van der Waals surface area contributed by atoms with Gasteiger partial charge in [-0.3, -0.25) is 9.59 Å². The third kappa shape index (κ3) is 4.03. The van der Waals surface area contributed by atoms with Gasteiger partial charge in [0.25, 0.3) is 5.91 Å². The molecule has 0 aliphatic heterocycles. The van der Waals surface area contributed by atoms with Crippen LogP contribution in [-0.2, 0) is 0 Å². The molecule has 0 aromatic heterocycles. The Hall–Kier alpha value is -2.95. The fraction of sp³-hybridized carbons (Fsp3) is 0.111. The number of hydrogen-bond donors (Lipinski definition) is 1. The largest absolute Gasteiger partial charge is 0.497 e. The van der Waals surface area contributed by atoms with Crippen molar-refractivity contribution in [1.82, 2.24) is 5.32 Å². The van der Waals surface area contributed by atoms with Gasteiger partial charge in [0.15, 0.2) is 5.78 Å². The van der Waals surface area contributed by atoms with E-state index < -0.39 is 11.6 Å². The Morgan fingerprint density at radius 3 is 2.39 bits per heavy atom. The first kappa shape index (κ1) is 16.4. The molecule has 23 heavy (non-hydrogen) atoms. The predicted octanol–water partition coefficient (Wildman–Crippen LogP) is 3.09. The molecule has 2 rings (SSSR count). The van der Waals surface area contributed by atoms with Gasteiger partial charge in [0.2, 0.25) is 0 Å². The minimum atomic E-state index is -0.631. The van der Waals surface area contributed by atoms with Crippen LogP contribution in [0, 0.1) is 5.82 Å². The van der Waals surface area contributed by atoms with Gasteiger partial charge >= 0.3 is 0 Å². The molecule has 2 aromatic carbocycles. The zero-order valence-electron chi connectivity index (χ0n) is 12.8. The maximum absolute atomic E-state index is 13.8. The Morgan fingerprint density at radius 1 is 1.13 bits per heavy atom. The highest BCUT2D eigenvalue weighted by Gasteiger charge is 2.10. The molecule has 2 aromatic rings. The smallest absolute Gasteiger partial charge is 0.251 e. The summed E-state index contributed by atoms with van der Waals surface area (Å²) in [6.45, 7) is 0. The van der Waals surface area contributed by atoms with Crippen molar-refractivity contribution < 1.29 is 18.7 Å². The molecule has 0 aliphatic carbocycles. The van der Waals surface area contributed by atoms with E-state index in [9.17, 15) is 14.0 Å². The molecule has 0 spiro atoms. The monoisotopic (exact) mass is 313 g/mol. The van der Waals surface area contributed by atoms with Gasteiger partial charge in [-0.2, -0.15) is 0 Å². The van der Waals surface area contributed by atoms with E-state index in [1.165, 1.54) is 31.4 Å². The number of ether oxygens (including phenoxy) is 1. The highest BCUT2D eigenvalue weighted by molar-refractivity contribution is 6.07. The standard InChI is InChI=1S/C18H16FNO3/c1-20-18(22)13-6-3-12(4-7-13)5-10-17(21)15-9-8-14(23-2)11-16(15)19/h3-11H,1-2H3,(H,20,22)/b10-5+. The molecule has 0 radical (unpaired) electrons. The lowest BCUT2D eigenvalue weighted by atomic mass is 10.1. The molecule has 1 N–H and O–H groups in total. The first-order valence-corrected chi connectivity index (χ1v) is 6.93. The van der Waals surface area contributed by atoms with E-state index >= 15 is 0 Å². The van der Waals surface area contributed by atoms with Crippen molar-refractivity contribution in [2.45, 2.75) is 0 Å². The molecule has 0 heterocycles. The van der Waals surface area contributed by atoms with Crippen LogP contribution in [0.25, 0.3) is 6.08 Å². The third-order valence-corrected chi connectivity index (χ3v) is 3.27. The summed E-state index contributed by atoms with van der Waals surface area (Å²) in [6, 6.07) is 10.8. The van der Waals surface area contributed by atoms with Crippen LogP contribution in [0.1, 0.15) is 26.3 Å². The molecule has 0 saturated heterocycles. The Balaban J connectivity index is 2.13. The molecule has 0 saturated carbocycles. The number of carbonyl (C=O) groups excluding carboxylic acids is 2. The van der Waals surface area contributed by atoms with Crippen molar-refractivity contribution in [1.29, 1.82) is 0 Å². The van der Waals surface area contributed by atoms with E-state index in [0.29, 0.717) is 11.3 Å². The van der Waals surface area contributed by atoms with Gasteiger partial charge in [-0.05, 0) is 35.9 Å². The fourth-order valence-corrected chi connectivity index (χ4v) is 1.97. The minimum Gasteiger partial charge on any atom is -0.497 e. The van der Waals surface area contributed by atoms with Gasteiger partial charge in [0, 0.05) is 18.7 Å². The summed E-state index contributed by atoms with van der Waals surface area (Å²) < 4.78 is 18.7. The van der Waals surface area contributed by atoms with Crippen LogP contribution in [0.15, 0.2) is 48.5 Å². The molecule has 0 aliphatic rings. The van der Waals surface area contributed by atoms with E-state index in [1.54, 1.807) is 37.4 Å². The van der Waals surface area contributed by atoms with Crippen LogP contribution in [0.4, 0.5) is 4.39 Å². The van der Waals surface area contributed by atoms with Crippen molar-refractivity contribution in [3.05, 3.63) is 71.0 Å². The Bertz CT molecular complexity index is 751. The number of hydrogen-bond acceptors (Lipinski definition) is 3. The predicted molar refractivity (Wildman–Crippen MR) is 86.1 cm³/mol. The number of amides is 1. The van der Waals surface area contributed by atoms with E-state index in [1.807, 2.05) is 0 Å². The van der Waals surface area contributed by atoms with Crippen LogP contribution in [-0.4, -0.2) is 25.8 Å². The van der Waals surface area contributed by atoms with Gasteiger partial charge in [0.1, 0.15) is 11.6 Å². The molecule has 5 heteroatoms. The van der Waals surface area contributed by atoms with Crippen LogP contribution < -0.4 is 10.1 Å². The van der Waals surface area contributed by atoms with Gasteiger partial charge in [0.05, 0.1) is 12.7 Å². The quantitative estimate of drug-likeness (QED) is 0.682. The summed E-state index contributed by atoms with van der Waals surface area (Å²) >= 11 is 0. The molecule has 0 bridgehead atoms. The highest BCUT2D eigenvalue weighted by atomic mass is 19.1. The maximum Gasteiger partial charge on any atom is 0.251 e. The molecule has 1 amide bonds. The lowest BCUT2D eigenvalue weighted by Crippen LogP contribution is -2.17. The van der Waals surface area contributed by atoms with Crippen molar-refractivity contribution in [2.24, 2.45) is 0 Å². The summed E-state index contributed by atoms with van der Waals surface area (Å²) in [7, 11) is 2.98. The number of nitrogens with one attached hydrogen (secondary N) is 1. The average Bonchev–Trinajstić information content (AvgIpc) is 2.59. The zero-order chi connectivity index (χ0) is 16.8. The maximum atomic E-state index is 13.8. The average molecular weight is 313 g/mol. The van der Waals surface area contributed by atoms with Crippen LogP contribution in [0.5, 0.6) is 5.75 Å². The zero-order valence-corrected chi connectivity index (χ0v) is 12.8. The lowest BCUT2D eigenvalue weighted by molar-refractivity contribution is 0.0962. The first-order chi connectivity index (χ1) is 11.0. The number of allylic oxidation sites excluding steroid dienone is 1. The topological polar surface area (TPSA) is 55.4 Å². The SMILES string of the molecule is CNC(=O)c1ccc(/C=C/C(=O)c2ccc(OC)cc2F)cc1. The van der Waals surface area contributed by atoms with Gasteiger partial charge < -0.3 is 10.1 Å². The second kappa shape index (κ2) is 7.35. The Labute approximate surface area is 133 Å². The van der Waals surface area contributed by atoms with Crippen LogP contribution in [0.2, 0.25) is 0 Å².